The molecular formula is C24H26N2O4S. The average Bonchev–Trinajstić information content (AvgIpc) is 2.75. The molecule has 3 aromatic carbocycles. The van der Waals surface area contributed by atoms with E-state index in [1.165, 1.54) is 0 Å². The molecule has 0 atom stereocenters. The maximum atomic E-state index is 12.6. The Morgan fingerprint density at radius 3 is 2.23 bits per heavy atom. The van der Waals surface area contributed by atoms with E-state index in [-0.39, 0.29) is 10.8 Å². The number of anilines is 1. The molecule has 0 unspecified atom stereocenters. The Morgan fingerprint density at radius 2 is 1.61 bits per heavy atom. The lowest BCUT2D eigenvalue weighted by Crippen LogP contribution is -2.25. The number of carbonyl (C=O) groups is 1. The molecule has 3 aromatic rings. The maximum Gasteiger partial charge on any atom is 0.261 e. The molecule has 0 aliphatic carbocycles. The van der Waals surface area contributed by atoms with Crippen LogP contribution in [0.5, 0.6) is 5.75 Å². The normalized spacial score (nSPS) is 11.1. The average molecular weight is 439 g/mol. The third-order valence-electron chi connectivity index (χ3n) is 4.92. The fourth-order valence-electron chi connectivity index (χ4n) is 3.06. The highest BCUT2D eigenvalue weighted by molar-refractivity contribution is 7.92. The van der Waals surface area contributed by atoms with Gasteiger partial charge in [0, 0.05) is 12.1 Å². The summed E-state index contributed by atoms with van der Waals surface area (Å²) in [5.74, 6) is 0.589. The van der Waals surface area contributed by atoms with Gasteiger partial charge in [0.1, 0.15) is 5.75 Å². The van der Waals surface area contributed by atoms with Gasteiger partial charge in [-0.3, -0.25) is 9.52 Å². The topological polar surface area (TPSA) is 84.5 Å². The number of benzene rings is 3. The smallest absolute Gasteiger partial charge is 0.261 e. The van der Waals surface area contributed by atoms with E-state index >= 15 is 0 Å². The third kappa shape index (κ3) is 5.86. The van der Waals surface area contributed by atoms with Crippen LogP contribution in [0.3, 0.4) is 0 Å². The quantitative estimate of drug-likeness (QED) is 0.555. The number of rotatable bonds is 8. The minimum Gasteiger partial charge on any atom is -0.497 e. The summed E-state index contributed by atoms with van der Waals surface area (Å²) in [5, 5.41) is 2.89. The molecule has 0 saturated heterocycles. The van der Waals surface area contributed by atoms with E-state index in [9.17, 15) is 13.2 Å². The Morgan fingerprint density at radius 1 is 0.935 bits per heavy atom. The van der Waals surface area contributed by atoms with Crippen molar-refractivity contribution in [3.05, 3.63) is 89.0 Å². The van der Waals surface area contributed by atoms with Crippen LogP contribution in [0.25, 0.3) is 0 Å². The largest absolute Gasteiger partial charge is 0.497 e. The Bertz CT molecular complexity index is 1160. The number of methoxy groups -OCH3 is 1. The van der Waals surface area contributed by atoms with Crippen LogP contribution in [0.15, 0.2) is 71.6 Å². The Balaban J connectivity index is 1.61. The maximum absolute atomic E-state index is 12.6. The van der Waals surface area contributed by atoms with Crippen molar-refractivity contribution >= 4 is 21.6 Å². The van der Waals surface area contributed by atoms with E-state index in [1.54, 1.807) is 56.5 Å². The molecule has 3 rings (SSSR count). The zero-order chi connectivity index (χ0) is 22.4. The molecule has 31 heavy (non-hydrogen) atoms. The van der Waals surface area contributed by atoms with Crippen LogP contribution in [0.1, 0.15) is 27.0 Å². The van der Waals surface area contributed by atoms with Gasteiger partial charge in [-0.15, -0.1) is 0 Å². The summed E-state index contributed by atoms with van der Waals surface area (Å²) in [7, 11) is -2.07. The van der Waals surface area contributed by atoms with Crippen molar-refractivity contribution in [2.45, 2.75) is 25.2 Å². The number of aryl methyl sites for hydroxylation is 2. The van der Waals surface area contributed by atoms with Crippen molar-refractivity contribution in [3.63, 3.8) is 0 Å². The molecule has 162 valence electrons. The summed E-state index contributed by atoms with van der Waals surface area (Å²) in [6, 6.07) is 19.2. The lowest BCUT2D eigenvalue weighted by atomic mass is 10.1. The molecule has 0 fully saturated rings. The minimum atomic E-state index is -3.70. The van der Waals surface area contributed by atoms with Gasteiger partial charge in [-0.25, -0.2) is 8.42 Å². The second-order valence-corrected chi connectivity index (χ2v) is 8.98. The standard InChI is InChI=1S/C24H26N2O4S/c1-17-4-11-22(12-5-17)31(28,29)26-23-13-8-20(16-18(23)2)24(27)25-15-14-19-6-9-21(30-3)10-7-19/h4-13,16,26H,14-15H2,1-3H3,(H,25,27). The van der Waals surface area contributed by atoms with Crippen molar-refractivity contribution in [1.82, 2.24) is 5.32 Å². The molecule has 7 heteroatoms. The first-order chi connectivity index (χ1) is 14.8. The molecule has 1 amide bonds. The van der Waals surface area contributed by atoms with Crippen LogP contribution in [-0.2, 0) is 16.4 Å². The van der Waals surface area contributed by atoms with Gasteiger partial charge < -0.3 is 10.1 Å². The Hall–Kier alpha value is -3.32. The molecule has 0 radical (unpaired) electrons. The molecule has 0 heterocycles. The summed E-state index contributed by atoms with van der Waals surface area (Å²) >= 11 is 0. The number of hydrogen-bond donors (Lipinski definition) is 2. The molecule has 0 aliphatic rings. The summed E-state index contributed by atoms with van der Waals surface area (Å²) in [6.45, 7) is 4.15. The van der Waals surface area contributed by atoms with E-state index in [0.29, 0.717) is 29.8 Å². The molecule has 6 nitrogen and oxygen atoms in total. The van der Waals surface area contributed by atoms with Gasteiger partial charge in [-0.05, 0) is 73.9 Å². The van der Waals surface area contributed by atoms with Gasteiger partial charge in [0.15, 0.2) is 0 Å². The van der Waals surface area contributed by atoms with Gasteiger partial charge >= 0.3 is 0 Å². The number of sulfonamides is 1. The number of amides is 1. The predicted molar refractivity (Wildman–Crippen MR) is 122 cm³/mol. The SMILES string of the molecule is COc1ccc(CCNC(=O)c2ccc(NS(=O)(=O)c3ccc(C)cc3)c(C)c2)cc1. The van der Waals surface area contributed by atoms with E-state index in [4.69, 9.17) is 4.74 Å². The number of ether oxygens (including phenoxy) is 1. The fraction of sp³-hybridized carbons (Fsp3) is 0.208. The number of nitrogens with one attached hydrogen (secondary N) is 2. The summed E-state index contributed by atoms with van der Waals surface area (Å²) in [5.41, 5.74) is 3.66. The number of hydrogen-bond acceptors (Lipinski definition) is 4. The second kappa shape index (κ2) is 9.66. The molecular weight excluding hydrogens is 412 g/mol. The van der Waals surface area contributed by atoms with Crippen molar-refractivity contribution < 1.29 is 17.9 Å². The first-order valence-electron chi connectivity index (χ1n) is 9.90. The fourth-order valence-corrected chi connectivity index (χ4v) is 4.19. The van der Waals surface area contributed by atoms with Crippen LogP contribution in [0.2, 0.25) is 0 Å². The second-order valence-electron chi connectivity index (χ2n) is 7.30. The van der Waals surface area contributed by atoms with Gasteiger partial charge in [-0.1, -0.05) is 29.8 Å². The first-order valence-corrected chi connectivity index (χ1v) is 11.4. The zero-order valence-electron chi connectivity index (χ0n) is 17.8. The summed E-state index contributed by atoms with van der Waals surface area (Å²) in [4.78, 5) is 12.7. The number of carbonyl (C=O) groups excluding carboxylic acids is 1. The monoisotopic (exact) mass is 438 g/mol. The molecule has 0 aromatic heterocycles. The van der Waals surface area contributed by atoms with Crippen LogP contribution in [-0.4, -0.2) is 28.0 Å². The van der Waals surface area contributed by atoms with Crippen molar-refractivity contribution in [2.24, 2.45) is 0 Å². The van der Waals surface area contributed by atoms with Crippen molar-refractivity contribution in [3.8, 4) is 5.75 Å². The predicted octanol–water partition coefficient (Wildman–Crippen LogP) is 4.09. The third-order valence-corrected chi connectivity index (χ3v) is 6.30. The minimum absolute atomic E-state index is 0.192. The lowest BCUT2D eigenvalue weighted by molar-refractivity contribution is 0.0954. The van der Waals surface area contributed by atoms with Crippen molar-refractivity contribution in [1.29, 1.82) is 0 Å². The first kappa shape index (κ1) is 22.4. The molecule has 0 bridgehead atoms. The van der Waals surface area contributed by atoms with Crippen LogP contribution in [0.4, 0.5) is 5.69 Å². The lowest BCUT2D eigenvalue weighted by Gasteiger charge is -2.12. The van der Waals surface area contributed by atoms with E-state index in [1.807, 2.05) is 31.2 Å². The van der Waals surface area contributed by atoms with Crippen LogP contribution in [0, 0.1) is 13.8 Å². The highest BCUT2D eigenvalue weighted by Crippen LogP contribution is 2.21. The van der Waals surface area contributed by atoms with Gasteiger partial charge in [0.2, 0.25) is 0 Å². The molecule has 0 spiro atoms. The Labute approximate surface area is 183 Å². The van der Waals surface area contributed by atoms with Crippen LogP contribution >= 0.6 is 0 Å². The zero-order valence-corrected chi connectivity index (χ0v) is 18.6. The Kier molecular flexibility index (Phi) is 6.97. The van der Waals surface area contributed by atoms with Gasteiger partial charge in [0.05, 0.1) is 17.7 Å². The molecule has 0 saturated carbocycles. The van der Waals surface area contributed by atoms with Crippen molar-refractivity contribution in [2.75, 3.05) is 18.4 Å². The van der Waals surface area contributed by atoms with Gasteiger partial charge in [-0.2, -0.15) is 0 Å². The van der Waals surface area contributed by atoms with Crippen LogP contribution < -0.4 is 14.8 Å². The highest BCUT2D eigenvalue weighted by Gasteiger charge is 2.16. The highest BCUT2D eigenvalue weighted by atomic mass is 32.2. The van der Waals surface area contributed by atoms with E-state index in [2.05, 4.69) is 10.0 Å². The molecule has 2 N–H and O–H groups in total. The summed E-state index contributed by atoms with van der Waals surface area (Å²) in [6.07, 6.45) is 0.698. The van der Waals surface area contributed by atoms with E-state index < -0.39 is 10.0 Å². The van der Waals surface area contributed by atoms with Gasteiger partial charge in [0.25, 0.3) is 15.9 Å². The molecule has 0 aliphatic heterocycles. The van der Waals surface area contributed by atoms with E-state index in [0.717, 1.165) is 16.9 Å². The summed E-state index contributed by atoms with van der Waals surface area (Å²) < 4.78 is 32.9.